The number of cyclic esters (lactones) is 1. The number of aromatic hydroxyl groups is 1. The van der Waals surface area contributed by atoms with Crippen LogP contribution in [0, 0.1) is 5.92 Å². The number of carbonyl (C=O) groups is 15. The molecule has 0 saturated carbocycles. The number of rotatable bonds is 35. The predicted octanol–water partition coefficient (Wildman–Crippen LogP) is -6.99. The number of primary amides is 1. The first-order chi connectivity index (χ1) is 57.7. The maximum Gasteiger partial charge on any atom is 0.328 e. The predicted molar refractivity (Wildman–Crippen MR) is 441 cm³/mol. The number of amides is 14. The number of aliphatic hydroxyl groups excluding tert-OH is 7. The SMILES string of the molecule is CCCCCCCCCCCCC[C@@H]1CC(=O)N[C@@H]([C@@H](C)O)C(=O)N[C@H](C)C(=O)N[C@@H](Cc2ccc(O)cc2)C(=O)N[C@@H](C(C)C)C(=O)N2C[C@H](O)C[C@H]2C(=O)N[C@@H]([C@@H](C)O)C(=O)N[C@@H]([C@@H](C)O)C(=O)N2CC[C@H](O)[C@H]2C(=O)N[C@@H]([C@H](O)CC(N)=O)C(=O)NCC(=O)N[C@@H]([C@@H](C)O)C(=O)N[C@@H](CCCNC(=O)[C@@H](CCCN)N(CCN)CCN)C(=O)O1. The Morgan fingerprint density at radius 3 is 1.63 bits per heavy atom. The van der Waals surface area contributed by atoms with Gasteiger partial charge in [-0.15, -0.1) is 0 Å². The zero-order valence-electron chi connectivity index (χ0n) is 71.4. The molecule has 1 aromatic rings. The number of nitrogens with zero attached hydrogens (tertiary/aromatic N) is 3. The molecular weight excluding hydrogens is 1600 g/mol. The van der Waals surface area contributed by atoms with E-state index in [1.165, 1.54) is 45.0 Å². The van der Waals surface area contributed by atoms with Gasteiger partial charge in [0.1, 0.15) is 78.3 Å². The van der Waals surface area contributed by atoms with Crippen molar-refractivity contribution >= 4 is 88.7 Å². The number of ether oxygens (including phenoxy) is 1. The van der Waals surface area contributed by atoms with Crippen LogP contribution in [-0.2, 0) is 83.1 Å². The molecule has 0 unspecified atom stereocenters. The van der Waals surface area contributed by atoms with Crippen LogP contribution in [0.2, 0.25) is 0 Å². The molecule has 0 radical (unpaired) electrons. The molecule has 20 atom stereocenters. The van der Waals surface area contributed by atoms with E-state index in [1.807, 2.05) is 0 Å². The lowest BCUT2D eigenvalue weighted by atomic mass is 9.99. The number of phenols is 1. The van der Waals surface area contributed by atoms with E-state index in [0.29, 0.717) is 49.2 Å². The Morgan fingerprint density at radius 1 is 0.557 bits per heavy atom. The number of carbonyl (C=O) groups excluding carboxylic acids is 15. The maximum atomic E-state index is 14.9. The highest BCUT2D eigenvalue weighted by Crippen LogP contribution is 2.26. The van der Waals surface area contributed by atoms with Gasteiger partial charge in [0.05, 0.1) is 68.2 Å². The minimum atomic E-state index is -2.26. The second-order valence-electron chi connectivity index (χ2n) is 32.2. The van der Waals surface area contributed by atoms with Crippen molar-refractivity contribution in [1.29, 1.82) is 0 Å². The van der Waals surface area contributed by atoms with Crippen molar-refractivity contribution in [3.8, 4) is 5.75 Å². The average Bonchev–Trinajstić information content (AvgIpc) is 1.63. The zero-order chi connectivity index (χ0) is 91.2. The van der Waals surface area contributed by atoms with Crippen molar-refractivity contribution in [2.45, 2.75) is 312 Å². The first-order valence-electron chi connectivity index (χ1n) is 42.5. The fraction of sp³-hybridized carbons (Fsp3) is 0.738. The molecule has 122 heavy (non-hydrogen) atoms. The smallest absolute Gasteiger partial charge is 0.328 e. The molecule has 3 aliphatic heterocycles. The van der Waals surface area contributed by atoms with Gasteiger partial charge in [-0.05, 0) is 110 Å². The van der Waals surface area contributed by atoms with Crippen molar-refractivity contribution < 1.29 is 118 Å². The Bertz CT molecular complexity index is 3580. The van der Waals surface area contributed by atoms with Gasteiger partial charge in [0, 0.05) is 58.7 Å². The van der Waals surface area contributed by atoms with Crippen LogP contribution in [-0.4, -0.2) is 324 Å². The van der Waals surface area contributed by atoms with E-state index in [9.17, 15) is 113 Å². The third kappa shape index (κ3) is 34.4. The standard InChI is InChI=1S/C80H136N18O24/c1-9-10-11-12-13-14-15-16-17-18-19-22-52-39-60(108)90-63(45(5)99)74(115)87-44(4)69(110)89-54(37-49-25-27-50(103)28-26-49)70(111)92-62(43(2)3)78(119)98-42-51(104)38-56(98)72(113)93-65(47(7)101)76(117)94-66(48(8)102)79(120)97-34-29-57(105)68(97)77(118)95-67(58(106)40-59(84)107)73(114)86-41-61(109)91-64(46(6)100)75(116)88-53(80(121)122-52)23-21-33-85-71(112)55(24-20-30-81)96(35-31-82)36-32-83/h25-28,43-48,51-58,62-68,99-106H,9-24,29-42,81-83H2,1-8H3,(H2,84,107)(H,85,112)(H,86,114)(H,87,115)(H,88,116)(H,89,110)(H,90,108)(H,91,109)(H,92,111)(H,93,113)(H,94,117)(H,95,118)/t44-,45-,46-,47-,48-,51-,52-,53+,54+,55-,56+,57+,58-,62+,63+,64+,65+,66+,67+,68+/m1/s1. The molecule has 1 aromatic carbocycles. The number of fused-ring (bicyclic) bond motifs is 2. The van der Waals surface area contributed by atoms with Gasteiger partial charge in [-0.2, -0.15) is 0 Å². The lowest BCUT2D eigenvalue weighted by Crippen LogP contribution is -2.64. The van der Waals surface area contributed by atoms with Crippen LogP contribution in [0.5, 0.6) is 5.75 Å². The maximum absolute atomic E-state index is 14.9. The van der Waals surface area contributed by atoms with Gasteiger partial charge in [-0.1, -0.05) is 97.1 Å². The number of nitrogens with one attached hydrogen (secondary N) is 11. The Labute approximate surface area is 711 Å². The molecule has 0 bridgehead atoms. The Kier molecular flexibility index (Phi) is 46.1. The van der Waals surface area contributed by atoms with Crippen LogP contribution in [0.1, 0.15) is 189 Å². The summed E-state index contributed by atoms with van der Waals surface area (Å²) in [7, 11) is 0. The normalized spacial score (nSPS) is 26.5. The highest BCUT2D eigenvalue weighted by molar-refractivity contribution is 6.00. The quantitative estimate of drug-likeness (QED) is 0.0222. The third-order valence-corrected chi connectivity index (χ3v) is 21.5. The second kappa shape index (κ2) is 53.6. The minimum absolute atomic E-state index is 0.00521. The molecule has 0 spiro atoms. The summed E-state index contributed by atoms with van der Waals surface area (Å²) in [5.74, 6) is -18.0. The highest BCUT2D eigenvalue weighted by Gasteiger charge is 2.49. The largest absolute Gasteiger partial charge is 0.508 e. The summed E-state index contributed by atoms with van der Waals surface area (Å²) in [5.41, 5.74) is 23.4. The summed E-state index contributed by atoms with van der Waals surface area (Å²) in [5, 5.41) is 115. The number of aliphatic hydroxyl groups is 7. The molecule has 690 valence electrons. The lowest BCUT2D eigenvalue weighted by molar-refractivity contribution is -0.155. The van der Waals surface area contributed by atoms with Gasteiger partial charge >= 0.3 is 5.97 Å². The molecule has 3 heterocycles. The monoisotopic (exact) mass is 1730 g/mol. The summed E-state index contributed by atoms with van der Waals surface area (Å²) in [6.45, 7) is 9.65. The first-order valence-corrected chi connectivity index (χ1v) is 42.5. The molecule has 27 N–H and O–H groups in total. The second-order valence-corrected chi connectivity index (χ2v) is 32.2. The van der Waals surface area contributed by atoms with Crippen LogP contribution < -0.4 is 81.4 Å². The lowest BCUT2D eigenvalue weighted by Gasteiger charge is -2.34. The first kappa shape index (κ1) is 105. The van der Waals surface area contributed by atoms with Crippen molar-refractivity contribution in [3.63, 3.8) is 0 Å². The topological polar surface area (TPSA) is 673 Å². The van der Waals surface area contributed by atoms with E-state index < -0.39 is 255 Å². The molecule has 42 heteroatoms. The van der Waals surface area contributed by atoms with Crippen LogP contribution >= 0.6 is 0 Å². The van der Waals surface area contributed by atoms with Crippen molar-refractivity contribution in [2.24, 2.45) is 28.9 Å². The van der Waals surface area contributed by atoms with Gasteiger partial charge in [-0.3, -0.25) is 72.0 Å². The van der Waals surface area contributed by atoms with Crippen LogP contribution in [0.15, 0.2) is 24.3 Å². The molecule has 0 aliphatic carbocycles. The minimum Gasteiger partial charge on any atom is -0.508 e. The van der Waals surface area contributed by atoms with Gasteiger partial charge in [0.25, 0.3) is 0 Å². The van der Waals surface area contributed by atoms with E-state index in [0.717, 1.165) is 90.4 Å². The zero-order valence-corrected chi connectivity index (χ0v) is 71.4. The van der Waals surface area contributed by atoms with E-state index in [2.05, 4.69) is 65.4 Å². The Balaban J connectivity index is 1.87. The number of esters is 1. The van der Waals surface area contributed by atoms with Gasteiger partial charge in [0.15, 0.2) is 0 Å². The van der Waals surface area contributed by atoms with Gasteiger partial charge in [-0.25, -0.2) is 4.79 Å². The highest BCUT2D eigenvalue weighted by atomic mass is 16.5. The van der Waals surface area contributed by atoms with Crippen molar-refractivity contribution in [2.75, 3.05) is 58.9 Å². The Hall–Kier alpha value is -9.37. The van der Waals surface area contributed by atoms with E-state index in [4.69, 9.17) is 27.7 Å². The number of benzene rings is 1. The molecule has 4 rings (SSSR count). The molecule has 0 aromatic heterocycles. The number of unbranched alkanes of at least 4 members (excludes halogenated alkanes) is 10. The van der Waals surface area contributed by atoms with Crippen LogP contribution in [0.25, 0.3) is 0 Å². The number of nitrogens with two attached hydrogens (primary N) is 4. The fourth-order valence-corrected chi connectivity index (χ4v) is 14.6. The molecule has 3 fully saturated rings. The third-order valence-electron chi connectivity index (χ3n) is 21.5. The van der Waals surface area contributed by atoms with Crippen LogP contribution in [0.4, 0.5) is 0 Å². The fourth-order valence-electron chi connectivity index (χ4n) is 14.6. The van der Waals surface area contributed by atoms with Gasteiger partial charge < -0.3 is 137 Å². The summed E-state index contributed by atoms with van der Waals surface area (Å²) >= 11 is 0. The molecular formula is C80H136N18O24. The summed E-state index contributed by atoms with van der Waals surface area (Å²) in [4.78, 5) is 217. The molecule has 14 amide bonds. The average molecular weight is 1730 g/mol. The van der Waals surface area contributed by atoms with Crippen LogP contribution in [0.3, 0.4) is 0 Å². The number of hydrogen-bond acceptors (Lipinski definition) is 28. The van der Waals surface area contributed by atoms with Crippen molar-refractivity contribution in [1.82, 2.24) is 73.2 Å². The summed E-state index contributed by atoms with van der Waals surface area (Å²) in [6, 6.07) is -15.6. The van der Waals surface area contributed by atoms with Crippen molar-refractivity contribution in [3.05, 3.63) is 29.8 Å². The molecule has 3 aliphatic rings. The number of phenolic OH excluding ortho intramolecular Hbond substituents is 1. The van der Waals surface area contributed by atoms with E-state index in [1.54, 1.807) is 4.90 Å². The summed E-state index contributed by atoms with van der Waals surface area (Å²) < 4.78 is 6.11. The molecule has 42 nitrogen and oxygen atoms in total. The van der Waals surface area contributed by atoms with E-state index in [-0.39, 0.29) is 64.0 Å². The summed E-state index contributed by atoms with van der Waals surface area (Å²) in [6.07, 6.45) is -6.43. The number of hydrogen-bond donors (Lipinski definition) is 23. The van der Waals surface area contributed by atoms with E-state index >= 15 is 0 Å². The molecule has 3 saturated heterocycles. The Morgan fingerprint density at radius 2 is 1.07 bits per heavy atom. The van der Waals surface area contributed by atoms with Gasteiger partial charge in [0.2, 0.25) is 82.7 Å².